The van der Waals surface area contributed by atoms with E-state index >= 15 is 0 Å². The van der Waals surface area contributed by atoms with Gasteiger partial charge in [-0.1, -0.05) is 26.7 Å². The summed E-state index contributed by atoms with van der Waals surface area (Å²) in [5.74, 6) is 2.26. The zero-order valence-electron chi connectivity index (χ0n) is 10.6. The fourth-order valence-corrected chi connectivity index (χ4v) is 2.21. The summed E-state index contributed by atoms with van der Waals surface area (Å²) in [4.78, 5) is 12.7. The summed E-state index contributed by atoms with van der Waals surface area (Å²) in [7, 11) is 0. The minimum absolute atomic E-state index is 0.316. The topological polar surface area (TPSA) is 76.7 Å². The third-order valence-electron chi connectivity index (χ3n) is 2.98. The fourth-order valence-electron chi connectivity index (χ4n) is 2.21. The second-order valence-corrected chi connectivity index (χ2v) is 5.16. The Morgan fingerprint density at radius 1 is 1.24 bits per heavy atom. The minimum Gasteiger partial charge on any atom is -0.368 e. The SMILES string of the molecule is CC(C)Cc1nc(N)nc(NC2CCCC2)n1. The summed E-state index contributed by atoms with van der Waals surface area (Å²) < 4.78 is 0. The molecule has 2 rings (SSSR count). The molecule has 5 nitrogen and oxygen atoms in total. The fraction of sp³-hybridized carbons (Fsp3) is 0.750. The molecule has 0 atom stereocenters. The van der Waals surface area contributed by atoms with Gasteiger partial charge in [0.05, 0.1) is 0 Å². The van der Waals surface area contributed by atoms with Gasteiger partial charge >= 0.3 is 0 Å². The van der Waals surface area contributed by atoms with Crippen LogP contribution in [0.4, 0.5) is 11.9 Å². The van der Waals surface area contributed by atoms with Crippen LogP contribution in [0.5, 0.6) is 0 Å². The lowest BCUT2D eigenvalue weighted by Crippen LogP contribution is -2.18. The normalized spacial score (nSPS) is 16.6. The molecule has 0 amide bonds. The Morgan fingerprint density at radius 3 is 2.59 bits per heavy atom. The molecule has 0 bridgehead atoms. The number of rotatable bonds is 4. The zero-order valence-corrected chi connectivity index (χ0v) is 10.6. The summed E-state index contributed by atoms with van der Waals surface area (Å²) >= 11 is 0. The molecule has 1 aromatic rings. The largest absolute Gasteiger partial charge is 0.368 e. The zero-order chi connectivity index (χ0) is 12.3. The first kappa shape index (κ1) is 12.1. The summed E-state index contributed by atoms with van der Waals surface area (Å²) in [5, 5.41) is 3.35. The number of nitrogens with one attached hydrogen (secondary N) is 1. The highest BCUT2D eigenvalue weighted by Gasteiger charge is 2.16. The van der Waals surface area contributed by atoms with Crippen LogP contribution in [0, 0.1) is 5.92 Å². The highest BCUT2D eigenvalue weighted by atomic mass is 15.2. The van der Waals surface area contributed by atoms with Crippen LogP contribution in [0.25, 0.3) is 0 Å². The standard InChI is InChI=1S/C12H21N5/c1-8(2)7-10-15-11(13)17-12(16-10)14-9-5-3-4-6-9/h8-9H,3-7H2,1-2H3,(H3,13,14,15,16,17). The third kappa shape index (κ3) is 3.54. The van der Waals surface area contributed by atoms with Gasteiger partial charge in [-0.15, -0.1) is 0 Å². The van der Waals surface area contributed by atoms with E-state index in [1.165, 1.54) is 25.7 Å². The van der Waals surface area contributed by atoms with Gasteiger partial charge < -0.3 is 11.1 Å². The third-order valence-corrected chi connectivity index (χ3v) is 2.98. The molecule has 94 valence electrons. The molecule has 0 saturated heterocycles. The second-order valence-electron chi connectivity index (χ2n) is 5.16. The predicted molar refractivity (Wildman–Crippen MR) is 68.7 cm³/mol. The van der Waals surface area contributed by atoms with Crippen molar-refractivity contribution in [3.8, 4) is 0 Å². The Bertz CT molecular complexity index is 371. The van der Waals surface area contributed by atoms with Crippen molar-refractivity contribution in [2.24, 2.45) is 5.92 Å². The number of nitrogens with zero attached hydrogens (tertiary/aromatic N) is 3. The van der Waals surface area contributed by atoms with E-state index in [1.54, 1.807) is 0 Å². The lowest BCUT2D eigenvalue weighted by atomic mass is 10.1. The Hall–Kier alpha value is -1.39. The minimum atomic E-state index is 0.316. The van der Waals surface area contributed by atoms with E-state index in [2.05, 4.69) is 34.1 Å². The molecule has 1 aromatic heterocycles. The van der Waals surface area contributed by atoms with Gasteiger partial charge in [-0.05, 0) is 18.8 Å². The molecule has 1 aliphatic carbocycles. The molecule has 1 heterocycles. The van der Waals surface area contributed by atoms with Crippen LogP contribution in [0.3, 0.4) is 0 Å². The van der Waals surface area contributed by atoms with Crippen molar-refractivity contribution in [3.05, 3.63) is 5.82 Å². The number of aromatic nitrogens is 3. The molecule has 0 radical (unpaired) electrons. The Labute approximate surface area is 102 Å². The van der Waals surface area contributed by atoms with E-state index in [0.29, 0.717) is 23.9 Å². The van der Waals surface area contributed by atoms with Gasteiger partial charge in [0.15, 0.2) is 0 Å². The molecule has 0 unspecified atom stereocenters. The molecule has 0 spiro atoms. The Kier molecular flexibility index (Phi) is 3.76. The summed E-state index contributed by atoms with van der Waals surface area (Å²) in [6.07, 6.45) is 5.82. The number of hydrogen-bond donors (Lipinski definition) is 2. The van der Waals surface area contributed by atoms with Crippen molar-refractivity contribution in [3.63, 3.8) is 0 Å². The van der Waals surface area contributed by atoms with Crippen LogP contribution < -0.4 is 11.1 Å². The van der Waals surface area contributed by atoms with Crippen LogP contribution in [-0.2, 0) is 6.42 Å². The Morgan fingerprint density at radius 2 is 1.94 bits per heavy atom. The first-order valence-corrected chi connectivity index (χ1v) is 6.40. The van der Waals surface area contributed by atoms with Crippen molar-refractivity contribution in [1.82, 2.24) is 15.0 Å². The van der Waals surface area contributed by atoms with Crippen LogP contribution in [0.1, 0.15) is 45.4 Å². The first-order chi connectivity index (χ1) is 8.13. The molecule has 0 aliphatic heterocycles. The van der Waals surface area contributed by atoms with E-state index in [9.17, 15) is 0 Å². The number of nitrogens with two attached hydrogens (primary N) is 1. The number of nitrogen functional groups attached to an aromatic ring is 1. The average molecular weight is 235 g/mol. The average Bonchev–Trinajstić information content (AvgIpc) is 2.67. The molecule has 1 saturated carbocycles. The molecule has 0 aromatic carbocycles. The first-order valence-electron chi connectivity index (χ1n) is 6.40. The highest BCUT2D eigenvalue weighted by molar-refractivity contribution is 5.32. The van der Waals surface area contributed by atoms with Crippen LogP contribution in [0.2, 0.25) is 0 Å². The van der Waals surface area contributed by atoms with E-state index in [1.807, 2.05) is 0 Å². The Balaban J connectivity index is 2.07. The van der Waals surface area contributed by atoms with Gasteiger partial charge in [0.1, 0.15) is 5.82 Å². The maximum absolute atomic E-state index is 5.71. The van der Waals surface area contributed by atoms with Gasteiger partial charge in [0.2, 0.25) is 11.9 Å². The van der Waals surface area contributed by atoms with E-state index < -0.39 is 0 Å². The monoisotopic (exact) mass is 235 g/mol. The molecule has 17 heavy (non-hydrogen) atoms. The summed E-state index contributed by atoms with van der Waals surface area (Å²) in [5.41, 5.74) is 5.71. The maximum Gasteiger partial charge on any atom is 0.227 e. The van der Waals surface area contributed by atoms with Crippen molar-refractivity contribution >= 4 is 11.9 Å². The van der Waals surface area contributed by atoms with Crippen molar-refractivity contribution in [2.45, 2.75) is 52.0 Å². The second kappa shape index (κ2) is 5.29. The lowest BCUT2D eigenvalue weighted by molar-refractivity contribution is 0.618. The van der Waals surface area contributed by atoms with Crippen LogP contribution >= 0.6 is 0 Å². The predicted octanol–water partition coefficient (Wildman–Crippen LogP) is 2.01. The molecule has 5 heteroatoms. The van der Waals surface area contributed by atoms with E-state index in [0.717, 1.165) is 12.2 Å². The summed E-state index contributed by atoms with van der Waals surface area (Å²) in [6, 6.07) is 0.503. The van der Waals surface area contributed by atoms with Crippen LogP contribution in [-0.4, -0.2) is 21.0 Å². The van der Waals surface area contributed by atoms with Crippen molar-refractivity contribution in [1.29, 1.82) is 0 Å². The molecule has 3 N–H and O–H groups in total. The highest BCUT2D eigenvalue weighted by Crippen LogP contribution is 2.21. The van der Waals surface area contributed by atoms with Gasteiger partial charge in [-0.3, -0.25) is 0 Å². The van der Waals surface area contributed by atoms with Gasteiger partial charge in [-0.25, -0.2) is 0 Å². The van der Waals surface area contributed by atoms with Gasteiger partial charge in [-0.2, -0.15) is 15.0 Å². The van der Waals surface area contributed by atoms with Crippen molar-refractivity contribution in [2.75, 3.05) is 11.1 Å². The van der Waals surface area contributed by atoms with Gasteiger partial charge in [0.25, 0.3) is 0 Å². The molecular weight excluding hydrogens is 214 g/mol. The summed E-state index contributed by atoms with van der Waals surface area (Å²) in [6.45, 7) is 4.29. The van der Waals surface area contributed by atoms with E-state index in [4.69, 9.17) is 5.73 Å². The number of hydrogen-bond acceptors (Lipinski definition) is 5. The van der Waals surface area contributed by atoms with Gasteiger partial charge in [0, 0.05) is 12.5 Å². The van der Waals surface area contributed by atoms with Crippen LogP contribution in [0.15, 0.2) is 0 Å². The maximum atomic E-state index is 5.71. The smallest absolute Gasteiger partial charge is 0.227 e. The number of anilines is 2. The van der Waals surface area contributed by atoms with E-state index in [-0.39, 0.29) is 0 Å². The molecule has 1 fully saturated rings. The lowest BCUT2D eigenvalue weighted by Gasteiger charge is -2.13. The molecular formula is C12H21N5. The van der Waals surface area contributed by atoms with Crippen molar-refractivity contribution < 1.29 is 0 Å². The molecule has 1 aliphatic rings. The quantitative estimate of drug-likeness (QED) is 0.834.